The summed E-state index contributed by atoms with van der Waals surface area (Å²) in [4.78, 5) is 24.7. The van der Waals surface area contributed by atoms with Crippen LogP contribution in [0, 0.1) is 0 Å². The number of thiophene rings is 1. The average Bonchev–Trinajstić information content (AvgIpc) is 3.08. The number of halogens is 2. The highest BCUT2D eigenvalue weighted by molar-refractivity contribution is 7.14. The van der Waals surface area contributed by atoms with Crippen molar-refractivity contribution >= 4 is 46.4 Å². The molecule has 118 valence electrons. The molecule has 2 heterocycles. The fourth-order valence-electron chi connectivity index (χ4n) is 1.86. The van der Waals surface area contributed by atoms with Gasteiger partial charge in [0, 0.05) is 11.9 Å². The van der Waals surface area contributed by atoms with Crippen molar-refractivity contribution in [2.24, 2.45) is 7.05 Å². The van der Waals surface area contributed by atoms with E-state index < -0.39 is 5.91 Å². The standard InChI is InChI=1S/C13H13Cl2N3O3S/c1-6(9-3-4-10(22-9)13(20)17-21)16-12(19)8-5-7(14)11(15)18(8)2/h3-6,21H,1-2H3,(H,16,19)(H,17,20)/t6-/m1/s1. The van der Waals surface area contributed by atoms with Crippen LogP contribution in [0.5, 0.6) is 0 Å². The van der Waals surface area contributed by atoms with E-state index in [2.05, 4.69) is 5.32 Å². The number of hydrogen-bond donors (Lipinski definition) is 3. The molecule has 22 heavy (non-hydrogen) atoms. The minimum absolute atomic E-state index is 0.289. The molecule has 0 spiro atoms. The first-order valence-corrected chi connectivity index (χ1v) is 7.78. The Balaban J connectivity index is 2.12. The van der Waals surface area contributed by atoms with E-state index in [4.69, 9.17) is 28.4 Å². The number of carbonyl (C=O) groups excluding carboxylic acids is 2. The monoisotopic (exact) mass is 361 g/mol. The van der Waals surface area contributed by atoms with Crippen LogP contribution in [0.25, 0.3) is 0 Å². The van der Waals surface area contributed by atoms with Gasteiger partial charge >= 0.3 is 0 Å². The van der Waals surface area contributed by atoms with Crippen molar-refractivity contribution in [2.45, 2.75) is 13.0 Å². The summed E-state index contributed by atoms with van der Waals surface area (Å²) in [5.74, 6) is -0.916. The molecule has 3 N–H and O–H groups in total. The normalized spacial score (nSPS) is 12.0. The first-order chi connectivity index (χ1) is 10.3. The molecule has 0 aliphatic carbocycles. The minimum Gasteiger partial charge on any atom is -0.343 e. The molecule has 2 aromatic heterocycles. The second-order valence-corrected chi connectivity index (χ2v) is 6.45. The predicted octanol–water partition coefficient (Wildman–Crippen LogP) is 3.00. The minimum atomic E-state index is -0.587. The number of nitrogens with zero attached hydrogens (tertiary/aromatic N) is 1. The zero-order valence-corrected chi connectivity index (χ0v) is 14.0. The maximum atomic E-state index is 12.2. The summed E-state index contributed by atoms with van der Waals surface area (Å²) in [6, 6.07) is 4.46. The number of hydroxylamine groups is 1. The molecule has 1 atom stereocenters. The van der Waals surface area contributed by atoms with E-state index in [-0.39, 0.29) is 17.1 Å². The summed E-state index contributed by atoms with van der Waals surface area (Å²) in [7, 11) is 1.64. The summed E-state index contributed by atoms with van der Waals surface area (Å²) >= 11 is 13.0. The molecule has 0 aliphatic rings. The van der Waals surface area contributed by atoms with Crippen molar-refractivity contribution < 1.29 is 14.8 Å². The number of carbonyl (C=O) groups is 2. The predicted molar refractivity (Wildman–Crippen MR) is 84.9 cm³/mol. The Morgan fingerprint density at radius 2 is 2.00 bits per heavy atom. The Bertz CT molecular complexity index is 726. The Labute approximate surface area is 140 Å². The number of hydrogen-bond acceptors (Lipinski definition) is 4. The lowest BCUT2D eigenvalue weighted by Crippen LogP contribution is -2.27. The van der Waals surface area contributed by atoms with Crippen molar-refractivity contribution in [3.8, 4) is 0 Å². The number of aromatic nitrogens is 1. The maximum absolute atomic E-state index is 12.2. The van der Waals surface area contributed by atoms with E-state index >= 15 is 0 Å². The largest absolute Gasteiger partial charge is 0.343 e. The van der Waals surface area contributed by atoms with E-state index in [0.717, 1.165) is 4.88 Å². The molecular formula is C13H13Cl2N3O3S. The summed E-state index contributed by atoms with van der Waals surface area (Å²) < 4.78 is 1.49. The van der Waals surface area contributed by atoms with Crippen LogP contribution in [0.3, 0.4) is 0 Å². The fourth-order valence-corrected chi connectivity index (χ4v) is 3.14. The van der Waals surface area contributed by atoms with E-state index in [0.29, 0.717) is 15.6 Å². The lowest BCUT2D eigenvalue weighted by Gasteiger charge is -2.12. The molecule has 0 aromatic carbocycles. The first kappa shape index (κ1) is 16.8. The van der Waals surface area contributed by atoms with Gasteiger partial charge in [0.25, 0.3) is 11.8 Å². The molecule has 2 rings (SSSR count). The van der Waals surface area contributed by atoms with Gasteiger partial charge in [-0.2, -0.15) is 0 Å². The smallest absolute Gasteiger partial charge is 0.284 e. The van der Waals surface area contributed by atoms with Gasteiger partial charge in [0.1, 0.15) is 10.8 Å². The highest BCUT2D eigenvalue weighted by Crippen LogP contribution is 2.27. The fraction of sp³-hybridized carbons (Fsp3) is 0.231. The Morgan fingerprint density at radius 1 is 1.32 bits per heavy atom. The second-order valence-electron chi connectivity index (χ2n) is 4.57. The van der Waals surface area contributed by atoms with Crippen LogP contribution in [-0.2, 0) is 7.05 Å². The molecule has 6 nitrogen and oxygen atoms in total. The van der Waals surface area contributed by atoms with Gasteiger partial charge in [0.2, 0.25) is 0 Å². The molecule has 0 unspecified atom stereocenters. The average molecular weight is 362 g/mol. The molecule has 0 bridgehead atoms. The molecule has 2 aromatic rings. The van der Waals surface area contributed by atoms with Gasteiger partial charge in [-0.15, -0.1) is 11.3 Å². The summed E-state index contributed by atoms with van der Waals surface area (Å²) in [5, 5.41) is 12.0. The van der Waals surface area contributed by atoms with Crippen molar-refractivity contribution in [3.63, 3.8) is 0 Å². The van der Waals surface area contributed by atoms with Crippen LogP contribution in [0.1, 0.15) is 38.0 Å². The van der Waals surface area contributed by atoms with Crippen LogP contribution < -0.4 is 10.8 Å². The van der Waals surface area contributed by atoms with Crippen LogP contribution in [0.15, 0.2) is 18.2 Å². The van der Waals surface area contributed by atoms with Crippen molar-refractivity contribution in [3.05, 3.63) is 43.8 Å². The van der Waals surface area contributed by atoms with Crippen molar-refractivity contribution in [1.29, 1.82) is 0 Å². The van der Waals surface area contributed by atoms with E-state index in [1.54, 1.807) is 31.6 Å². The number of rotatable bonds is 4. The van der Waals surface area contributed by atoms with Gasteiger partial charge in [-0.1, -0.05) is 23.2 Å². The molecule has 0 saturated carbocycles. The summed E-state index contributed by atoms with van der Waals surface area (Å²) in [5.41, 5.74) is 1.91. The zero-order valence-electron chi connectivity index (χ0n) is 11.7. The SMILES string of the molecule is C[C@@H](NC(=O)c1cc(Cl)c(Cl)n1C)c1ccc(C(=O)NO)s1. The Morgan fingerprint density at radius 3 is 2.55 bits per heavy atom. The van der Waals surface area contributed by atoms with Crippen molar-refractivity contribution in [2.75, 3.05) is 0 Å². The van der Waals surface area contributed by atoms with Gasteiger partial charge in [0.15, 0.2) is 0 Å². The third kappa shape index (κ3) is 3.27. The van der Waals surface area contributed by atoms with Gasteiger partial charge in [-0.3, -0.25) is 14.8 Å². The topological polar surface area (TPSA) is 83.4 Å². The molecule has 0 saturated heterocycles. The van der Waals surface area contributed by atoms with Crippen LogP contribution in [0.2, 0.25) is 10.2 Å². The number of nitrogens with one attached hydrogen (secondary N) is 2. The number of amides is 2. The molecule has 9 heteroatoms. The highest BCUT2D eigenvalue weighted by Gasteiger charge is 2.19. The van der Waals surface area contributed by atoms with E-state index in [1.807, 2.05) is 0 Å². The summed E-state index contributed by atoms with van der Waals surface area (Å²) in [6.07, 6.45) is 0. The van der Waals surface area contributed by atoms with E-state index in [1.165, 1.54) is 22.0 Å². The summed E-state index contributed by atoms with van der Waals surface area (Å²) in [6.45, 7) is 1.79. The lowest BCUT2D eigenvalue weighted by molar-refractivity contribution is 0.0711. The first-order valence-electron chi connectivity index (χ1n) is 6.21. The molecule has 0 aliphatic heterocycles. The van der Waals surface area contributed by atoms with Gasteiger partial charge in [-0.25, -0.2) is 5.48 Å². The van der Waals surface area contributed by atoms with Gasteiger partial charge < -0.3 is 9.88 Å². The quantitative estimate of drug-likeness (QED) is 0.578. The van der Waals surface area contributed by atoms with Gasteiger partial charge in [-0.05, 0) is 25.1 Å². The lowest BCUT2D eigenvalue weighted by atomic mass is 10.2. The molecular weight excluding hydrogens is 349 g/mol. The zero-order chi connectivity index (χ0) is 16.4. The Kier molecular flexibility index (Phi) is 5.12. The van der Waals surface area contributed by atoms with Crippen LogP contribution >= 0.6 is 34.5 Å². The molecule has 0 radical (unpaired) electrons. The van der Waals surface area contributed by atoms with Crippen molar-refractivity contribution in [1.82, 2.24) is 15.4 Å². The van der Waals surface area contributed by atoms with Crippen LogP contribution in [0.4, 0.5) is 0 Å². The van der Waals surface area contributed by atoms with E-state index in [9.17, 15) is 9.59 Å². The second kappa shape index (κ2) is 6.70. The maximum Gasteiger partial charge on any atom is 0.284 e. The molecule has 2 amide bonds. The Hall–Kier alpha value is -1.54. The molecule has 0 fully saturated rings. The van der Waals surface area contributed by atoms with Gasteiger partial charge in [0.05, 0.1) is 15.9 Å². The third-order valence-electron chi connectivity index (χ3n) is 3.08. The van der Waals surface area contributed by atoms with Crippen LogP contribution in [-0.4, -0.2) is 21.6 Å². The third-order valence-corrected chi connectivity index (χ3v) is 5.18. The highest BCUT2D eigenvalue weighted by atomic mass is 35.5.